The Morgan fingerprint density at radius 1 is 1.27 bits per heavy atom. The Labute approximate surface area is 73.0 Å². The molecule has 0 aliphatic heterocycles. The molecule has 0 saturated carbocycles. The molecule has 0 rings (SSSR count). The van der Waals surface area contributed by atoms with Gasteiger partial charge in [0.05, 0.1) is 6.61 Å². The van der Waals surface area contributed by atoms with E-state index >= 15 is 0 Å². The number of carbonyl (C=O) groups excluding carboxylic acids is 2. The Hall–Kier alpha value is -0.580. The molecule has 0 aliphatic carbocycles. The van der Waals surface area contributed by atoms with Crippen LogP contribution >= 0.6 is 15.9 Å². The zero-order valence-corrected chi connectivity index (χ0v) is 7.72. The molecule has 0 fully saturated rings. The quantitative estimate of drug-likeness (QED) is 0.516. The van der Waals surface area contributed by atoms with Gasteiger partial charge in [0, 0.05) is 0 Å². The predicted octanol–water partition coefficient (Wildman–Crippen LogP) is 0.488. The van der Waals surface area contributed by atoms with E-state index in [2.05, 4.69) is 25.4 Å². The molecule has 0 atom stereocenters. The molecular formula is C6H9BrO4. The summed E-state index contributed by atoms with van der Waals surface area (Å²) in [5.74, 6) is -1.00. The standard InChI is InChI=1S/C6H9BrO4/c1-2-10-6(9)4-11-5(8)3-7/h2-4H2,1H3. The summed E-state index contributed by atoms with van der Waals surface area (Å²) in [4.78, 5) is 21.0. The minimum Gasteiger partial charge on any atom is -0.463 e. The molecule has 0 radical (unpaired) electrons. The molecule has 5 heteroatoms. The van der Waals surface area contributed by atoms with Crippen molar-refractivity contribution in [3.8, 4) is 0 Å². The van der Waals surface area contributed by atoms with E-state index in [-0.39, 0.29) is 11.9 Å². The summed E-state index contributed by atoms with van der Waals surface area (Å²) in [6.07, 6.45) is 0. The van der Waals surface area contributed by atoms with Crippen LogP contribution in [0.3, 0.4) is 0 Å². The van der Waals surface area contributed by atoms with Crippen molar-refractivity contribution in [1.29, 1.82) is 0 Å². The van der Waals surface area contributed by atoms with E-state index in [9.17, 15) is 9.59 Å². The van der Waals surface area contributed by atoms with Gasteiger partial charge in [-0.2, -0.15) is 0 Å². The van der Waals surface area contributed by atoms with Gasteiger partial charge >= 0.3 is 11.9 Å². The Morgan fingerprint density at radius 2 is 1.91 bits per heavy atom. The summed E-state index contributed by atoms with van der Waals surface area (Å²) >= 11 is 2.88. The molecule has 0 spiro atoms. The molecule has 0 amide bonds. The zero-order chi connectivity index (χ0) is 8.69. The summed E-state index contributed by atoms with van der Waals surface area (Å²) < 4.78 is 8.95. The summed E-state index contributed by atoms with van der Waals surface area (Å²) in [5, 5.41) is 0.0897. The lowest BCUT2D eigenvalue weighted by Gasteiger charge is -2.01. The maximum absolute atomic E-state index is 10.5. The van der Waals surface area contributed by atoms with Gasteiger partial charge in [0.1, 0.15) is 5.33 Å². The van der Waals surface area contributed by atoms with Crippen molar-refractivity contribution in [2.24, 2.45) is 0 Å². The average Bonchev–Trinajstić information content (AvgIpc) is 2.01. The van der Waals surface area contributed by atoms with Crippen molar-refractivity contribution in [1.82, 2.24) is 0 Å². The van der Waals surface area contributed by atoms with Gasteiger partial charge in [0.25, 0.3) is 0 Å². The minimum absolute atomic E-state index is 0.0897. The second-order valence-corrected chi connectivity index (χ2v) is 2.16. The lowest BCUT2D eigenvalue weighted by atomic mass is 10.7. The van der Waals surface area contributed by atoms with Crippen molar-refractivity contribution in [2.45, 2.75) is 6.92 Å². The van der Waals surface area contributed by atoms with Crippen LogP contribution < -0.4 is 0 Å². The molecule has 0 aromatic rings. The molecule has 11 heavy (non-hydrogen) atoms. The number of hydrogen-bond acceptors (Lipinski definition) is 4. The van der Waals surface area contributed by atoms with Gasteiger partial charge < -0.3 is 9.47 Å². The first-order valence-electron chi connectivity index (χ1n) is 3.08. The first-order valence-corrected chi connectivity index (χ1v) is 4.20. The first kappa shape index (κ1) is 10.4. The summed E-state index contributed by atoms with van der Waals surface area (Å²) in [6, 6.07) is 0. The van der Waals surface area contributed by atoms with Crippen molar-refractivity contribution < 1.29 is 19.1 Å². The topological polar surface area (TPSA) is 52.6 Å². The smallest absolute Gasteiger partial charge is 0.344 e. The molecule has 0 heterocycles. The number of hydrogen-bond donors (Lipinski definition) is 0. The van der Waals surface area contributed by atoms with Crippen LogP contribution in [0.4, 0.5) is 0 Å². The highest BCUT2D eigenvalue weighted by atomic mass is 79.9. The van der Waals surface area contributed by atoms with Crippen LogP contribution in [0.1, 0.15) is 6.92 Å². The van der Waals surface area contributed by atoms with E-state index < -0.39 is 11.9 Å². The highest BCUT2D eigenvalue weighted by Crippen LogP contribution is 1.86. The normalized spacial score (nSPS) is 8.91. The van der Waals surface area contributed by atoms with Gasteiger partial charge in [0.2, 0.25) is 0 Å². The molecule has 0 aromatic carbocycles. The second-order valence-electron chi connectivity index (χ2n) is 1.60. The third-order valence-corrected chi connectivity index (χ3v) is 1.22. The van der Waals surface area contributed by atoms with Crippen molar-refractivity contribution >= 4 is 27.9 Å². The lowest BCUT2D eigenvalue weighted by Crippen LogP contribution is -2.16. The molecule has 0 saturated heterocycles. The third-order valence-electron chi connectivity index (χ3n) is 0.765. The van der Waals surface area contributed by atoms with Crippen LogP contribution in [0, 0.1) is 0 Å². The number of esters is 2. The van der Waals surface area contributed by atoms with Gasteiger partial charge in [-0.1, -0.05) is 15.9 Å². The maximum Gasteiger partial charge on any atom is 0.344 e. The lowest BCUT2D eigenvalue weighted by molar-refractivity contribution is -0.156. The highest BCUT2D eigenvalue weighted by molar-refractivity contribution is 9.09. The van der Waals surface area contributed by atoms with E-state index in [4.69, 9.17) is 0 Å². The van der Waals surface area contributed by atoms with Crippen LogP contribution in [-0.4, -0.2) is 30.5 Å². The summed E-state index contributed by atoms with van der Waals surface area (Å²) in [6.45, 7) is 1.67. The minimum atomic E-state index is -0.526. The Kier molecular flexibility index (Phi) is 5.83. The Morgan fingerprint density at radius 3 is 2.36 bits per heavy atom. The highest BCUT2D eigenvalue weighted by Gasteiger charge is 2.05. The number of rotatable bonds is 4. The van der Waals surface area contributed by atoms with E-state index in [1.54, 1.807) is 6.92 Å². The maximum atomic E-state index is 10.5. The fourth-order valence-electron chi connectivity index (χ4n) is 0.381. The van der Waals surface area contributed by atoms with Crippen LogP contribution in [0.25, 0.3) is 0 Å². The molecule has 4 nitrogen and oxygen atoms in total. The first-order chi connectivity index (χ1) is 5.20. The van der Waals surface area contributed by atoms with Crippen molar-refractivity contribution in [2.75, 3.05) is 18.5 Å². The monoisotopic (exact) mass is 224 g/mol. The summed E-state index contributed by atoms with van der Waals surface area (Å²) in [5.41, 5.74) is 0. The van der Waals surface area contributed by atoms with Gasteiger partial charge in [-0.3, -0.25) is 4.79 Å². The Balaban J connectivity index is 3.38. The van der Waals surface area contributed by atoms with Crippen molar-refractivity contribution in [3.05, 3.63) is 0 Å². The van der Waals surface area contributed by atoms with E-state index in [0.29, 0.717) is 6.61 Å². The van der Waals surface area contributed by atoms with E-state index in [0.717, 1.165) is 0 Å². The number of ether oxygens (including phenoxy) is 2. The Bertz CT molecular complexity index is 146. The zero-order valence-electron chi connectivity index (χ0n) is 6.13. The van der Waals surface area contributed by atoms with Crippen LogP contribution in [0.5, 0.6) is 0 Å². The van der Waals surface area contributed by atoms with Crippen LogP contribution in [0.2, 0.25) is 0 Å². The van der Waals surface area contributed by atoms with Gasteiger partial charge in [-0.05, 0) is 6.92 Å². The van der Waals surface area contributed by atoms with Gasteiger partial charge in [0.15, 0.2) is 6.61 Å². The molecule has 64 valence electrons. The third kappa shape index (κ3) is 5.84. The molecule has 0 aromatic heterocycles. The summed E-state index contributed by atoms with van der Waals surface area (Å²) in [7, 11) is 0. The largest absolute Gasteiger partial charge is 0.463 e. The van der Waals surface area contributed by atoms with Crippen LogP contribution in [0.15, 0.2) is 0 Å². The fraction of sp³-hybridized carbons (Fsp3) is 0.667. The van der Waals surface area contributed by atoms with Crippen LogP contribution in [-0.2, 0) is 19.1 Å². The number of alkyl halides is 1. The molecule has 0 unspecified atom stereocenters. The second kappa shape index (κ2) is 6.15. The molecule has 0 bridgehead atoms. The average molecular weight is 225 g/mol. The van der Waals surface area contributed by atoms with Gasteiger partial charge in [-0.15, -0.1) is 0 Å². The molecule has 0 N–H and O–H groups in total. The van der Waals surface area contributed by atoms with E-state index in [1.165, 1.54) is 0 Å². The number of halogens is 1. The van der Waals surface area contributed by atoms with E-state index in [1.807, 2.05) is 0 Å². The van der Waals surface area contributed by atoms with Crippen molar-refractivity contribution in [3.63, 3.8) is 0 Å². The predicted molar refractivity (Wildman–Crippen MR) is 41.4 cm³/mol. The SMILES string of the molecule is CCOC(=O)COC(=O)CBr. The molecular weight excluding hydrogens is 216 g/mol. The number of carbonyl (C=O) groups is 2. The van der Waals surface area contributed by atoms with Gasteiger partial charge in [-0.25, -0.2) is 4.79 Å². The molecule has 0 aliphatic rings. The fourth-order valence-corrected chi connectivity index (χ4v) is 0.543.